The highest BCUT2D eigenvalue weighted by Gasteiger charge is 2.22. The van der Waals surface area contributed by atoms with Gasteiger partial charge < -0.3 is 50.4 Å². The molecule has 0 bridgehead atoms. The maximum Gasteiger partial charge on any atom is 0.414 e. The molecule has 3 heterocycles. The lowest BCUT2D eigenvalue weighted by molar-refractivity contribution is 0.0542. The van der Waals surface area contributed by atoms with Crippen LogP contribution in [-0.2, 0) is 30.6 Å². The first-order chi connectivity index (χ1) is 23.6. The summed E-state index contributed by atoms with van der Waals surface area (Å²) in [5.74, 6) is -1.26. The third kappa shape index (κ3) is 12.4. The van der Waals surface area contributed by atoms with Crippen LogP contribution in [0.25, 0.3) is 0 Å². The van der Waals surface area contributed by atoms with Gasteiger partial charge in [-0.05, 0) is 60.5 Å². The molecule has 19 nitrogen and oxygen atoms in total. The van der Waals surface area contributed by atoms with Crippen molar-refractivity contribution in [2.24, 2.45) is 37.6 Å². The van der Waals surface area contributed by atoms with E-state index in [1.54, 1.807) is 96.5 Å². The predicted molar refractivity (Wildman–Crippen MR) is 189 cm³/mol. The van der Waals surface area contributed by atoms with Crippen molar-refractivity contribution in [2.45, 2.75) is 77.7 Å². The first-order valence-corrected chi connectivity index (χ1v) is 16.2. The van der Waals surface area contributed by atoms with Gasteiger partial charge in [-0.2, -0.15) is 0 Å². The Bertz CT molecular complexity index is 1710. The van der Waals surface area contributed by atoms with Gasteiger partial charge >= 0.3 is 18.2 Å². The number of carbonyl (C=O) groups is 4. The van der Waals surface area contributed by atoms with Crippen molar-refractivity contribution >= 4 is 41.7 Å². The maximum absolute atomic E-state index is 12.9. The zero-order valence-corrected chi connectivity index (χ0v) is 30.5. The number of aromatic nitrogens is 5. The lowest BCUT2D eigenvalue weighted by Gasteiger charge is -2.22. The Balaban J connectivity index is 1.59. The van der Waals surface area contributed by atoms with Crippen LogP contribution in [-0.4, -0.2) is 83.1 Å². The molecule has 0 aromatic carbocycles. The molecule has 0 fully saturated rings. The molecule has 2 unspecified atom stereocenters. The van der Waals surface area contributed by atoms with Crippen molar-refractivity contribution in [3.8, 4) is 0 Å². The zero-order valence-electron chi connectivity index (χ0n) is 30.5. The van der Waals surface area contributed by atoms with Crippen LogP contribution in [0.5, 0.6) is 0 Å². The number of guanidine groups is 1. The summed E-state index contributed by atoms with van der Waals surface area (Å²) in [4.78, 5) is 61.9. The first-order valence-electron chi connectivity index (χ1n) is 16.2. The van der Waals surface area contributed by atoms with Crippen molar-refractivity contribution in [3.05, 3.63) is 47.6 Å². The van der Waals surface area contributed by atoms with Crippen LogP contribution in [0.15, 0.2) is 29.6 Å². The second-order valence-corrected chi connectivity index (χ2v) is 13.9. The molecule has 3 aromatic rings. The molecule has 9 N–H and O–H groups in total. The minimum absolute atomic E-state index is 0.114. The minimum Gasteiger partial charge on any atom is -0.475 e. The van der Waals surface area contributed by atoms with E-state index in [1.807, 2.05) is 0 Å². The van der Waals surface area contributed by atoms with Crippen molar-refractivity contribution in [1.82, 2.24) is 39.6 Å². The van der Waals surface area contributed by atoms with Gasteiger partial charge in [0.2, 0.25) is 17.7 Å². The topological polar surface area (TPSA) is 260 Å². The Morgan fingerprint density at radius 2 is 1.39 bits per heavy atom. The lowest BCUT2D eigenvalue weighted by atomic mass is 10.1. The van der Waals surface area contributed by atoms with E-state index in [4.69, 9.17) is 20.9 Å². The summed E-state index contributed by atoms with van der Waals surface area (Å²) >= 11 is 0. The van der Waals surface area contributed by atoms with E-state index in [-0.39, 0.29) is 30.8 Å². The summed E-state index contributed by atoms with van der Waals surface area (Å²) in [5, 5.41) is 20.1. The largest absolute Gasteiger partial charge is 0.475 e. The predicted octanol–water partition coefficient (Wildman–Crippen LogP) is 2.55. The quantitative estimate of drug-likeness (QED) is 0.105. The van der Waals surface area contributed by atoms with E-state index < -0.39 is 41.4 Å². The summed E-state index contributed by atoms with van der Waals surface area (Å²) in [7, 11) is 5.10. The number of aryl methyl sites for hydroxylation is 3. The van der Waals surface area contributed by atoms with Gasteiger partial charge in [-0.25, -0.2) is 24.4 Å². The highest BCUT2D eigenvalue weighted by Crippen LogP contribution is 2.22. The van der Waals surface area contributed by atoms with E-state index in [2.05, 4.69) is 36.2 Å². The van der Waals surface area contributed by atoms with Crippen LogP contribution < -0.4 is 32.7 Å². The Kier molecular flexibility index (Phi) is 13.0. The highest BCUT2D eigenvalue weighted by atomic mass is 16.6. The molecule has 0 spiro atoms. The molecule has 3 aromatic heterocycles. The number of aromatic carboxylic acids is 1. The van der Waals surface area contributed by atoms with E-state index in [0.29, 0.717) is 41.6 Å². The van der Waals surface area contributed by atoms with E-state index in [0.717, 1.165) is 0 Å². The van der Waals surface area contributed by atoms with E-state index in [1.165, 1.54) is 4.57 Å². The third-order valence-electron chi connectivity index (χ3n) is 6.92. The smallest absolute Gasteiger partial charge is 0.414 e. The van der Waals surface area contributed by atoms with Gasteiger partial charge in [0.1, 0.15) is 16.9 Å². The van der Waals surface area contributed by atoms with Gasteiger partial charge in [0.15, 0.2) is 0 Å². The average Bonchev–Trinajstić information content (AvgIpc) is 3.67. The zero-order chi connectivity index (χ0) is 38.3. The molecule has 0 saturated carbocycles. The standard InChI is InChI=1S/C32H50N12O7/c1-31(2,3)50-29(48)40-27(41-30(49)51-32(4,5)6)36-13-11-20(34)22-17-44(9)28(39-22)37-18-14-23(42(7)15-18)25(45)35-12-10-19(33)21-16-43(8)24(38-21)26(46)47/h14-17,19-20H,10-13,33-34H2,1-9H3,(H,35,45)(H,37,39)(H,46,47)(H2,36,40,41,48,49). The van der Waals surface area contributed by atoms with Gasteiger partial charge in [-0.3, -0.25) is 20.4 Å². The number of aliphatic imine (C=N–C) groups is 1. The second kappa shape index (κ2) is 16.5. The molecule has 0 radical (unpaired) electrons. The van der Waals surface area contributed by atoms with Crippen molar-refractivity contribution in [1.29, 1.82) is 0 Å². The SMILES string of the molecule is Cn1cc(Nc2nc(C(N)CCN=C(NC(=O)OC(C)(C)C)NC(=O)OC(C)(C)C)cn2C)cc1C(=O)NCCC(N)c1cn(C)c(C(=O)O)n1. The number of hydrogen-bond donors (Lipinski definition) is 7. The summed E-state index contributed by atoms with van der Waals surface area (Å²) in [6.45, 7) is 10.6. The fourth-order valence-corrected chi connectivity index (χ4v) is 4.59. The van der Waals surface area contributed by atoms with Crippen LogP contribution in [0.2, 0.25) is 0 Å². The Morgan fingerprint density at radius 1 is 0.843 bits per heavy atom. The van der Waals surface area contributed by atoms with E-state index >= 15 is 0 Å². The number of anilines is 2. The molecular weight excluding hydrogens is 664 g/mol. The molecule has 280 valence electrons. The Labute approximate surface area is 296 Å². The highest BCUT2D eigenvalue weighted by molar-refractivity contribution is 6.01. The minimum atomic E-state index is -1.15. The van der Waals surface area contributed by atoms with Crippen molar-refractivity contribution in [3.63, 3.8) is 0 Å². The maximum atomic E-state index is 12.9. The van der Waals surface area contributed by atoms with Crippen LogP contribution in [0, 0.1) is 0 Å². The number of carboxylic acid groups (broad SMARTS) is 1. The summed E-state index contributed by atoms with van der Waals surface area (Å²) < 4.78 is 15.3. The average molecular weight is 715 g/mol. The first kappa shape index (κ1) is 40.0. The van der Waals surface area contributed by atoms with Gasteiger partial charge in [-0.15, -0.1) is 0 Å². The molecule has 0 saturated heterocycles. The second-order valence-electron chi connectivity index (χ2n) is 13.9. The Morgan fingerprint density at radius 3 is 1.94 bits per heavy atom. The molecule has 0 aliphatic carbocycles. The number of nitrogens with one attached hydrogen (secondary N) is 4. The van der Waals surface area contributed by atoms with Crippen LogP contribution in [0.4, 0.5) is 21.2 Å². The number of nitrogens with two attached hydrogens (primary N) is 2. The number of alkyl carbamates (subject to hydrolysis) is 2. The Hall–Kier alpha value is -5.43. The lowest BCUT2D eigenvalue weighted by Crippen LogP contribution is -2.47. The van der Waals surface area contributed by atoms with Gasteiger partial charge in [0, 0.05) is 52.8 Å². The fraction of sp³-hybridized carbons (Fsp3) is 0.531. The van der Waals surface area contributed by atoms with Gasteiger partial charge in [-0.1, -0.05) is 0 Å². The van der Waals surface area contributed by atoms with Crippen molar-refractivity contribution in [2.75, 3.05) is 18.4 Å². The normalized spacial score (nSPS) is 12.8. The fourth-order valence-electron chi connectivity index (χ4n) is 4.59. The molecule has 51 heavy (non-hydrogen) atoms. The van der Waals surface area contributed by atoms with Crippen LogP contribution in [0.1, 0.15) is 99.0 Å². The number of carboxylic acids is 1. The summed E-state index contributed by atoms with van der Waals surface area (Å²) in [6.07, 6.45) is 4.12. The number of rotatable bonds is 12. The summed E-state index contributed by atoms with van der Waals surface area (Å²) in [5.41, 5.74) is 13.0. The molecule has 2 atom stereocenters. The number of nitrogens with zero attached hydrogens (tertiary/aromatic N) is 6. The van der Waals surface area contributed by atoms with Crippen LogP contribution in [0.3, 0.4) is 0 Å². The molecule has 19 heteroatoms. The molecular formula is C32H50N12O7. The number of ether oxygens (including phenoxy) is 2. The number of imidazole rings is 2. The van der Waals surface area contributed by atoms with Crippen LogP contribution >= 0.6 is 0 Å². The molecule has 3 rings (SSSR count). The van der Waals surface area contributed by atoms with Crippen molar-refractivity contribution < 1.29 is 33.8 Å². The third-order valence-corrected chi connectivity index (χ3v) is 6.92. The number of carbonyl (C=O) groups excluding carboxylic acids is 3. The van der Waals surface area contributed by atoms with E-state index in [9.17, 15) is 24.3 Å². The number of hydrogen-bond acceptors (Lipinski definition) is 12. The molecule has 0 aliphatic heterocycles. The van der Waals surface area contributed by atoms with Gasteiger partial charge in [0.25, 0.3) is 5.91 Å². The molecule has 3 amide bonds. The summed E-state index contributed by atoms with van der Waals surface area (Å²) in [6, 6.07) is 0.563. The van der Waals surface area contributed by atoms with Gasteiger partial charge in [0.05, 0.1) is 29.2 Å². The molecule has 0 aliphatic rings. The monoisotopic (exact) mass is 714 g/mol. The number of amides is 3.